The molecule has 0 radical (unpaired) electrons. The van der Waals surface area contributed by atoms with Gasteiger partial charge < -0.3 is 14.2 Å². The monoisotopic (exact) mass is 437 g/mol. The molecule has 1 fully saturated rings. The summed E-state index contributed by atoms with van der Waals surface area (Å²) >= 11 is 1.48. The fourth-order valence-electron chi connectivity index (χ4n) is 3.42. The van der Waals surface area contributed by atoms with Crippen molar-refractivity contribution in [3.8, 4) is 17.0 Å². The molecule has 3 heterocycles. The number of halogens is 1. The molecule has 2 aromatic carbocycles. The quantitative estimate of drug-likeness (QED) is 0.419. The standard InChI is InChI=1S/C22H20FN5O2S/c23-17-7-4-8-19(13-17)28-21(27-9-11-29-12-10-27)24-25-22(28)31-15-18-14-20(30-26-18)16-5-2-1-3-6-16/h1-8,13-14H,9-12,15H2. The lowest BCUT2D eigenvalue weighted by Crippen LogP contribution is -2.37. The van der Waals surface area contributed by atoms with E-state index in [4.69, 9.17) is 9.26 Å². The van der Waals surface area contributed by atoms with Crippen molar-refractivity contribution in [3.63, 3.8) is 0 Å². The number of benzene rings is 2. The van der Waals surface area contributed by atoms with E-state index in [1.807, 2.05) is 47.0 Å². The summed E-state index contributed by atoms with van der Waals surface area (Å²) < 4.78 is 26.8. The van der Waals surface area contributed by atoms with Crippen molar-refractivity contribution >= 4 is 17.7 Å². The van der Waals surface area contributed by atoms with Gasteiger partial charge in [0.05, 0.1) is 24.6 Å². The van der Waals surface area contributed by atoms with E-state index in [0.29, 0.717) is 48.8 Å². The maximum Gasteiger partial charge on any atom is 0.232 e. The first kappa shape index (κ1) is 19.8. The fraction of sp³-hybridized carbons (Fsp3) is 0.227. The topological polar surface area (TPSA) is 69.2 Å². The molecule has 2 aromatic heterocycles. The SMILES string of the molecule is Fc1cccc(-n2c(SCc3cc(-c4ccccc4)on3)nnc2N2CCOCC2)c1. The van der Waals surface area contributed by atoms with Gasteiger partial charge in [0.25, 0.3) is 0 Å². The Morgan fingerprint density at radius 2 is 1.81 bits per heavy atom. The third kappa shape index (κ3) is 4.33. The molecule has 5 rings (SSSR count). The van der Waals surface area contributed by atoms with Crippen molar-refractivity contribution in [1.82, 2.24) is 19.9 Å². The van der Waals surface area contributed by atoms with Crippen LogP contribution in [0.5, 0.6) is 0 Å². The average molecular weight is 438 g/mol. The minimum atomic E-state index is -0.306. The second-order valence-corrected chi connectivity index (χ2v) is 7.98. The van der Waals surface area contributed by atoms with Crippen LogP contribution in [-0.4, -0.2) is 46.2 Å². The van der Waals surface area contributed by atoms with Crippen LogP contribution in [0.4, 0.5) is 10.3 Å². The Kier molecular flexibility index (Phi) is 5.68. The van der Waals surface area contributed by atoms with E-state index < -0.39 is 0 Å². The number of rotatable bonds is 6. The molecule has 4 aromatic rings. The van der Waals surface area contributed by atoms with Crippen LogP contribution >= 0.6 is 11.8 Å². The number of thioether (sulfide) groups is 1. The molecule has 9 heteroatoms. The van der Waals surface area contributed by atoms with Crippen LogP contribution in [0.3, 0.4) is 0 Å². The van der Waals surface area contributed by atoms with Crippen LogP contribution in [0, 0.1) is 5.82 Å². The Labute approximate surface area is 182 Å². The molecule has 0 aliphatic carbocycles. The largest absolute Gasteiger partial charge is 0.378 e. The van der Waals surface area contributed by atoms with Crippen molar-refractivity contribution in [3.05, 3.63) is 72.2 Å². The number of ether oxygens (including phenoxy) is 1. The van der Waals surface area contributed by atoms with Gasteiger partial charge in [0.15, 0.2) is 10.9 Å². The Bertz CT molecular complexity index is 1160. The van der Waals surface area contributed by atoms with Gasteiger partial charge in [-0.05, 0) is 18.2 Å². The Morgan fingerprint density at radius 3 is 2.61 bits per heavy atom. The normalized spacial score (nSPS) is 14.2. The third-order valence-corrected chi connectivity index (χ3v) is 5.91. The summed E-state index contributed by atoms with van der Waals surface area (Å²) in [5.41, 5.74) is 2.45. The zero-order chi connectivity index (χ0) is 21.0. The van der Waals surface area contributed by atoms with Gasteiger partial charge in [0, 0.05) is 30.5 Å². The minimum absolute atomic E-state index is 0.306. The minimum Gasteiger partial charge on any atom is -0.378 e. The van der Waals surface area contributed by atoms with Crippen LogP contribution in [0.2, 0.25) is 0 Å². The molecule has 0 saturated carbocycles. The van der Waals surface area contributed by atoms with Gasteiger partial charge in [-0.2, -0.15) is 0 Å². The van der Waals surface area contributed by atoms with Crippen LogP contribution in [0.1, 0.15) is 5.69 Å². The number of hydrogen-bond acceptors (Lipinski definition) is 7. The molecular formula is C22H20FN5O2S. The van der Waals surface area contributed by atoms with Crippen LogP contribution in [0.25, 0.3) is 17.0 Å². The van der Waals surface area contributed by atoms with Crippen molar-refractivity contribution in [2.75, 3.05) is 31.2 Å². The molecule has 1 aliphatic heterocycles. The summed E-state index contributed by atoms with van der Waals surface area (Å²) in [6.45, 7) is 2.67. The zero-order valence-electron chi connectivity index (χ0n) is 16.6. The number of hydrogen-bond donors (Lipinski definition) is 0. The van der Waals surface area contributed by atoms with Crippen LogP contribution in [0.15, 0.2) is 70.3 Å². The summed E-state index contributed by atoms with van der Waals surface area (Å²) in [5, 5.41) is 13.6. The predicted molar refractivity (Wildman–Crippen MR) is 116 cm³/mol. The highest BCUT2D eigenvalue weighted by Crippen LogP contribution is 2.30. The van der Waals surface area contributed by atoms with Gasteiger partial charge in [-0.25, -0.2) is 4.39 Å². The summed E-state index contributed by atoms with van der Waals surface area (Å²) in [5.74, 6) is 1.64. The van der Waals surface area contributed by atoms with E-state index in [9.17, 15) is 4.39 Å². The maximum atomic E-state index is 14.0. The van der Waals surface area contributed by atoms with Gasteiger partial charge in [-0.1, -0.05) is 53.3 Å². The van der Waals surface area contributed by atoms with Crippen molar-refractivity contribution < 1.29 is 13.7 Å². The highest BCUT2D eigenvalue weighted by Gasteiger charge is 2.22. The first-order chi connectivity index (χ1) is 15.3. The summed E-state index contributed by atoms with van der Waals surface area (Å²) in [6, 6.07) is 18.2. The third-order valence-electron chi connectivity index (χ3n) is 4.94. The van der Waals surface area contributed by atoms with E-state index in [0.717, 1.165) is 17.0 Å². The Morgan fingerprint density at radius 1 is 0.968 bits per heavy atom. The van der Waals surface area contributed by atoms with E-state index in [-0.39, 0.29) is 5.82 Å². The second-order valence-electron chi connectivity index (χ2n) is 7.03. The molecule has 0 spiro atoms. The van der Waals surface area contributed by atoms with E-state index in [1.165, 1.54) is 23.9 Å². The average Bonchev–Trinajstić information content (AvgIpc) is 3.46. The van der Waals surface area contributed by atoms with E-state index >= 15 is 0 Å². The molecule has 158 valence electrons. The number of aromatic nitrogens is 4. The number of nitrogens with zero attached hydrogens (tertiary/aromatic N) is 5. The Hall–Kier alpha value is -3.17. The van der Waals surface area contributed by atoms with Crippen molar-refractivity contribution in [1.29, 1.82) is 0 Å². The van der Waals surface area contributed by atoms with Gasteiger partial charge in [0.1, 0.15) is 5.82 Å². The van der Waals surface area contributed by atoms with Crippen LogP contribution < -0.4 is 4.90 Å². The van der Waals surface area contributed by atoms with Gasteiger partial charge in [-0.3, -0.25) is 4.57 Å². The molecule has 0 unspecified atom stereocenters. The van der Waals surface area contributed by atoms with Crippen LogP contribution in [-0.2, 0) is 10.5 Å². The predicted octanol–water partition coefficient (Wildman–Crippen LogP) is 4.19. The smallest absolute Gasteiger partial charge is 0.232 e. The lowest BCUT2D eigenvalue weighted by molar-refractivity contribution is 0.122. The molecule has 0 amide bonds. The first-order valence-electron chi connectivity index (χ1n) is 9.96. The highest BCUT2D eigenvalue weighted by atomic mass is 32.2. The fourth-order valence-corrected chi connectivity index (χ4v) is 4.25. The number of anilines is 1. The van der Waals surface area contributed by atoms with Crippen molar-refractivity contribution in [2.45, 2.75) is 10.9 Å². The molecular weight excluding hydrogens is 417 g/mol. The molecule has 31 heavy (non-hydrogen) atoms. The molecule has 0 N–H and O–H groups in total. The molecule has 1 aliphatic rings. The molecule has 1 saturated heterocycles. The second kappa shape index (κ2) is 8.91. The maximum absolute atomic E-state index is 14.0. The van der Waals surface area contributed by atoms with E-state index in [1.54, 1.807) is 6.07 Å². The number of morpholine rings is 1. The summed E-state index contributed by atoms with van der Waals surface area (Å²) in [7, 11) is 0. The Balaban J connectivity index is 1.41. The first-order valence-corrected chi connectivity index (χ1v) is 10.9. The van der Waals surface area contributed by atoms with Crippen molar-refractivity contribution in [2.24, 2.45) is 0 Å². The molecule has 7 nitrogen and oxygen atoms in total. The molecule has 0 atom stereocenters. The zero-order valence-corrected chi connectivity index (χ0v) is 17.5. The highest BCUT2D eigenvalue weighted by molar-refractivity contribution is 7.98. The lowest BCUT2D eigenvalue weighted by atomic mass is 10.2. The summed E-state index contributed by atoms with van der Waals surface area (Å²) in [6.07, 6.45) is 0. The lowest BCUT2D eigenvalue weighted by Gasteiger charge is -2.27. The van der Waals surface area contributed by atoms with Gasteiger partial charge >= 0.3 is 0 Å². The van der Waals surface area contributed by atoms with Gasteiger partial charge in [-0.15, -0.1) is 10.2 Å². The summed E-state index contributed by atoms with van der Waals surface area (Å²) in [4.78, 5) is 2.11. The molecule has 0 bridgehead atoms. The van der Waals surface area contributed by atoms with E-state index in [2.05, 4.69) is 20.3 Å². The van der Waals surface area contributed by atoms with Gasteiger partial charge in [0.2, 0.25) is 5.95 Å².